The van der Waals surface area contributed by atoms with Crippen LogP contribution in [0.15, 0.2) is 36.4 Å². The fourth-order valence-corrected chi connectivity index (χ4v) is 2.50. The highest BCUT2D eigenvalue weighted by molar-refractivity contribution is 6.39. The van der Waals surface area contributed by atoms with Crippen LogP contribution in [0.1, 0.15) is 6.92 Å². The van der Waals surface area contributed by atoms with Gasteiger partial charge in [0.15, 0.2) is 6.10 Å². The van der Waals surface area contributed by atoms with Crippen molar-refractivity contribution < 1.29 is 14.5 Å². The minimum atomic E-state index is -0.934. The van der Waals surface area contributed by atoms with Gasteiger partial charge in [0.2, 0.25) is 0 Å². The van der Waals surface area contributed by atoms with E-state index >= 15 is 0 Å². The minimum absolute atomic E-state index is 0.0274. The van der Waals surface area contributed by atoms with E-state index in [1.165, 1.54) is 19.1 Å². The molecule has 1 atom stereocenters. The third kappa shape index (κ3) is 4.29. The normalized spacial score (nSPS) is 11.7. The van der Waals surface area contributed by atoms with Gasteiger partial charge in [-0.2, -0.15) is 0 Å². The first-order valence-corrected chi connectivity index (χ1v) is 7.78. The van der Waals surface area contributed by atoms with Crippen LogP contribution >= 0.6 is 34.8 Å². The van der Waals surface area contributed by atoms with Crippen molar-refractivity contribution in [3.05, 3.63) is 61.6 Å². The molecule has 9 heteroatoms. The van der Waals surface area contributed by atoms with Crippen LogP contribution in [0.5, 0.6) is 5.75 Å². The number of para-hydroxylation sites is 1. The summed E-state index contributed by atoms with van der Waals surface area (Å²) in [5.74, 6) is -0.352. The van der Waals surface area contributed by atoms with Crippen LogP contribution in [-0.2, 0) is 4.79 Å². The van der Waals surface area contributed by atoms with Crippen molar-refractivity contribution in [1.82, 2.24) is 0 Å². The predicted molar refractivity (Wildman–Crippen MR) is 93.3 cm³/mol. The number of anilines is 1. The van der Waals surface area contributed by atoms with Crippen molar-refractivity contribution in [2.45, 2.75) is 13.0 Å². The summed E-state index contributed by atoms with van der Waals surface area (Å²) >= 11 is 17.9. The molecule has 0 aliphatic carbocycles. The summed E-state index contributed by atoms with van der Waals surface area (Å²) in [7, 11) is 0. The number of nitro benzene ring substituents is 1. The quantitative estimate of drug-likeness (QED) is 0.579. The van der Waals surface area contributed by atoms with Gasteiger partial charge >= 0.3 is 0 Å². The molecule has 0 bridgehead atoms. The third-order valence-corrected chi connectivity index (χ3v) is 3.94. The van der Waals surface area contributed by atoms with Gasteiger partial charge in [-0.05, 0) is 25.1 Å². The third-order valence-electron chi connectivity index (χ3n) is 3.01. The molecule has 0 aromatic heterocycles. The number of hydrogen-bond donors (Lipinski definition) is 1. The zero-order valence-electron chi connectivity index (χ0n) is 12.3. The van der Waals surface area contributed by atoms with Gasteiger partial charge in [-0.15, -0.1) is 0 Å². The molecule has 2 rings (SSSR count). The van der Waals surface area contributed by atoms with E-state index in [4.69, 9.17) is 39.5 Å². The number of carbonyl (C=O) groups excluding carboxylic acids is 1. The summed E-state index contributed by atoms with van der Waals surface area (Å²) in [6, 6.07) is 8.52. The van der Waals surface area contributed by atoms with Gasteiger partial charge in [0, 0.05) is 12.1 Å². The highest BCUT2D eigenvalue weighted by Crippen LogP contribution is 2.31. The summed E-state index contributed by atoms with van der Waals surface area (Å²) in [6.45, 7) is 1.50. The van der Waals surface area contributed by atoms with Crippen LogP contribution in [0, 0.1) is 10.1 Å². The van der Waals surface area contributed by atoms with E-state index in [-0.39, 0.29) is 32.2 Å². The number of benzene rings is 2. The van der Waals surface area contributed by atoms with Crippen molar-refractivity contribution in [1.29, 1.82) is 0 Å². The number of halogens is 3. The van der Waals surface area contributed by atoms with Gasteiger partial charge in [-0.25, -0.2) is 0 Å². The molecular weight excluding hydrogens is 379 g/mol. The van der Waals surface area contributed by atoms with Crippen LogP contribution in [0.2, 0.25) is 15.1 Å². The number of nitro groups is 1. The van der Waals surface area contributed by atoms with E-state index in [2.05, 4.69) is 5.32 Å². The smallest absolute Gasteiger partial charge is 0.271 e. The Morgan fingerprint density at radius 3 is 2.33 bits per heavy atom. The Labute approximate surface area is 152 Å². The highest BCUT2D eigenvalue weighted by atomic mass is 35.5. The Kier molecular flexibility index (Phi) is 5.88. The topological polar surface area (TPSA) is 81.5 Å². The largest absolute Gasteiger partial charge is 0.479 e. The van der Waals surface area contributed by atoms with Gasteiger partial charge in [0.05, 0.1) is 25.7 Å². The number of nitrogens with zero attached hydrogens (tertiary/aromatic N) is 1. The van der Waals surface area contributed by atoms with E-state index in [0.29, 0.717) is 0 Å². The Bertz CT molecular complexity index is 778. The zero-order chi connectivity index (χ0) is 17.9. The second-order valence-electron chi connectivity index (χ2n) is 4.72. The van der Waals surface area contributed by atoms with Gasteiger partial charge in [0.1, 0.15) is 5.75 Å². The molecule has 6 nitrogen and oxygen atoms in total. The zero-order valence-corrected chi connectivity index (χ0v) is 14.5. The first-order chi connectivity index (χ1) is 11.3. The van der Waals surface area contributed by atoms with Crippen LogP contribution < -0.4 is 10.1 Å². The first-order valence-electron chi connectivity index (χ1n) is 6.65. The Morgan fingerprint density at radius 1 is 1.17 bits per heavy atom. The van der Waals surface area contributed by atoms with Gasteiger partial charge in [0.25, 0.3) is 11.6 Å². The summed E-state index contributed by atoms with van der Waals surface area (Å²) < 4.78 is 5.44. The predicted octanol–water partition coefficient (Wildman–Crippen LogP) is 4.96. The molecule has 0 fully saturated rings. The molecule has 0 aliphatic rings. The monoisotopic (exact) mass is 388 g/mol. The lowest BCUT2D eigenvalue weighted by atomic mass is 10.2. The molecule has 0 heterocycles. The van der Waals surface area contributed by atoms with Crippen molar-refractivity contribution in [2.24, 2.45) is 0 Å². The second-order valence-corrected chi connectivity index (χ2v) is 5.94. The molecule has 0 saturated carbocycles. The molecule has 0 unspecified atom stereocenters. The number of non-ortho nitro benzene ring substituents is 1. The van der Waals surface area contributed by atoms with Crippen LogP contribution in [0.4, 0.5) is 11.4 Å². The summed E-state index contributed by atoms with van der Waals surface area (Å²) in [5.41, 5.74) is 0.100. The Morgan fingerprint density at radius 2 is 1.79 bits per heavy atom. The van der Waals surface area contributed by atoms with Crippen molar-refractivity contribution in [3.8, 4) is 5.75 Å². The molecule has 1 amide bonds. The lowest BCUT2D eigenvalue weighted by Gasteiger charge is -2.16. The molecule has 126 valence electrons. The average molecular weight is 390 g/mol. The van der Waals surface area contributed by atoms with Crippen molar-refractivity contribution in [2.75, 3.05) is 5.32 Å². The SMILES string of the molecule is C[C@H](Oc1ccc([N+](=O)[O-])cc1Cl)C(=O)Nc1c(Cl)cccc1Cl. The molecule has 24 heavy (non-hydrogen) atoms. The number of ether oxygens (including phenoxy) is 1. The standard InChI is InChI=1S/C15H11Cl3N2O4/c1-8(15(21)19-14-10(16)3-2-4-11(14)17)24-13-6-5-9(20(22)23)7-12(13)18/h2-8H,1H3,(H,19,21)/t8-/m0/s1. The molecule has 2 aromatic rings. The molecule has 1 N–H and O–H groups in total. The number of hydrogen-bond acceptors (Lipinski definition) is 4. The maximum absolute atomic E-state index is 12.2. The van der Waals surface area contributed by atoms with Crippen molar-refractivity contribution in [3.63, 3.8) is 0 Å². The number of carbonyl (C=O) groups is 1. The second kappa shape index (κ2) is 7.70. The number of amides is 1. The van der Waals surface area contributed by atoms with E-state index in [1.807, 2.05) is 0 Å². The van der Waals surface area contributed by atoms with Crippen LogP contribution in [-0.4, -0.2) is 16.9 Å². The molecule has 0 radical (unpaired) electrons. The van der Waals surface area contributed by atoms with Gasteiger partial charge in [-0.3, -0.25) is 14.9 Å². The fourth-order valence-electron chi connectivity index (χ4n) is 1.78. The maximum Gasteiger partial charge on any atom is 0.271 e. The number of rotatable bonds is 5. The summed E-state index contributed by atoms with van der Waals surface area (Å²) in [6.07, 6.45) is -0.934. The minimum Gasteiger partial charge on any atom is -0.479 e. The van der Waals surface area contributed by atoms with Crippen LogP contribution in [0.3, 0.4) is 0 Å². The van der Waals surface area contributed by atoms with E-state index in [9.17, 15) is 14.9 Å². The molecule has 0 aliphatic heterocycles. The van der Waals surface area contributed by atoms with Crippen molar-refractivity contribution >= 4 is 52.1 Å². The summed E-state index contributed by atoms with van der Waals surface area (Å²) in [4.78, 5) is 22.3. The van der Waals surface area contributed by atoms with E-state index in [0.717, 1.165) is 6.07 Å². The molecular formula is C15H11Cl3N2O4. The van der Waals surface area contributed by atoms with Crippen LogP contribution in [0.25, 0.3) is 0 Å². The molecule has 2 aromatic carbocycles. The molecule has 0 saturated heterocycles. The average Bonchev–Trinajstić information content (AvgIpc) is 2.52. The maximum atomic E-state index is 12.2. The lowest BCUT2D eigenvalue weighted by molar-refractivity contribution is -0.384. The molecule has 0 spiro atoms. The number of nitrogens with one attached hydrogen (secondary N) is 1. The van der Waals surface area contributed by atoms with Gasteiger partial charge < -0.3 is 10.1 Å². The Balaban J connectivity index is 2.11. The first kappa shape index (κ1) is 18.3. The fraction of sp³-hybridized carbons (Fsp3) is 0.133. The summed E-state index contributed by atoms with van der Waals surface area (Å²) in [5, 5.41) is 13.9. The van der Waals surface area contributed by atoms with E-state index in [1.54, 1.807) is 18.2 Å². The van der Waals surface area contributed by atoms with Gasteiger partial charge in [-0.1, -0.05) is 40.9 Å². The highest BCUT2D eigenvalue weighted by Gasteiger charge is 2.19. The Hall–Kier alpha value is -2.02. The van der Waals surface area contributed by atoms with E-state index < -0.39 is 16.9 Å². The lowest BCUT2D eigenvalue weighted by Crippen LogP contribution is -2.30.